The lowest BCUT2D eigenvalue weighted by Gasteiger charge is -2.22. The number of benzene rings is 22. The third kappa shape index (κ3) is 15.4. The van der Waals surface area contributed by atoms with Crippen molar-refractivity contribution >= 4 is 125 Å². The lowest BCUT2D eigenvalue weighted by atomic mass is 9.81. The summed E-state index contributed by atoms with van der Waals surface area (Å²) in [4.78, 5) is 44.1. The molecule has 0 radical (unpaired) electrons. The van der Waals surface area contributed by atoms with Gasteiger partial charge in [0.25, 0.3) is 0 Å². The molecule has 22 aromatic carbocycles. The molecule has 0 atom stereocenters. The van der Waals surface area contributed by atoms with Gasteiger partial charge in [-0.05, 0) is 205 Å². The highest BCUT2D eigenvalue weighted by Crippen LogP contribution is 2.54. The molecule has 1 aliphatic rings. The summed E-state index contributed by atoms with van der Waals surface area (Å²) < 4.78 is 12.8. The number of hydrogen-bond acceptors (Lipinski definition) is 10. The van der Waals surface area contributed by atoms with E-state index >= 15 is 0 Å². The Hall–Kier alpha value is -19.2. The molecule has 0 amide bonds. The molecule has 143 heavy (non-hydrogen) atoms. The fourth-order valence-electron chi connectivity index (χ4n) is 20.9. The van der Waals surface area contributed by atoms with Gasteiger partial charge in [-0.15, -0.1) is 0 Å². The van der Waals surface area contributed by atoms with Gasteiger partial charge < -0.3 is 8.83 Å². The molecule has 0 fully saturated rings. The van der Waals surface area contributed by atoms with Crippen LogP contribution in [0, 0.1) is 6.57 Å². The SMILES string of the molecule is [C-]#[N+]c1cccc(-c2cc(-c3ccccc3)nc(-c3ccc4c(c3)-c3c(ccc5ccc6ccccc6c35)C4(C)C)n2)c1.c1ccc(-c2ccc(-c3ccc(-c4nc(-c5ccccc5)nc(-c5ccc6oc7ccc8ccc9ccccc9c8c7c6c5)n4)cc3)cc2)cc1.c1ccc(-c2ccc3cc(-c4nc(-c5ccccc5)nc(-c5ccc6oc7ccc8ccc9ccccc9c8c7c6c5)n4)ccc3c2)cc1. The van der Waals surface area contributed by atoms with Crippen LogP contribution in [0.15, 0.2) is 476 Å². The molecule has 0 spiro atoms. The molecule has 1 aliphatic carbocycles. The van der Waals surface area contributed by atoms with E-state index in [0.717, 1.165) is 122 Å². The minimum atomic E-state index is -0.133. The van der Waals surface area contributed by atoms with Crippen LogP contribution in [0.5, 0.6) is 0 Å². The van der Waals surface area contributed by atoms with Crippen molar-refractivity contribution in [3.8, 4) is 147 Å². The molecule has 0 N–H and O–H groups in total. The predicted molar refractivity (Wildman–Crippen MR) is 588 cm³/mol. The smallest absolute Gasteiger partial charge is 0.187 e. The summed E-state index contributed by atoms with van der Waals surface area (Å²) in [7, 11) is 0. The Labute approximate surface area is 823 Å². The zero-order chi connectivity index (χ0) is 95.2. The number of fused-ring (bicyclic) bond motifs is 22. The molecule has 27 aromatic rings. The topological polar surface area (TPSA) is 134 Å². The summed E-state index contributed by atoms with van der Waals surface area (Å²) in [6.07, 6.45) is 0. The molecular weight excluding hydrogens is 1740 g/mol. The van der Waals surface area contributed by atoms with E-state index in [1.807, 2.05) is 146 Å². The monoisotopic (exact) mass is 1830 g/mol. The summed E-state index contributed by atoms with van der Waals surface area (Å²) in [6, 6.07) is 162. The Morgan fingerprint density at radius 2 is 0.503 bits per heavy atom. The zero-order valence-electron chi connectivity index (χ0n) is 77.8. The summed E-state index contributed by atoms with van der Waals surface area (Å²) in [6.45, 7) is 12.2. The molecule has 0 aliphatic heterocycles. The van der Waals surface area contributed by atoms with Gasteiger partial charge in [0.05, 0.1) is 18.0 Å². The second-order valence-corrected chi connectivity index (χ2v) is 37.0. The summed E-state index contributed by atoms with van der Waals surface area (Å²) >= 11 is 0. The van der Waals surface area contributed by atoms with Gasteiger partial charge in [-0.3, -0.25) is 0 Å². The number of hydrogen-bond donors (Lipinski definition) is 0. The van der Waals surface area contributed by atoms with Crippen molar-refractivity contribution in [1.29, 1.82) is 0 Å². The lowest BCUT2D eigenvalue weighted by molar-refractivity contribution is 0.661. The van der Waals surface area contributed by atoms with Crippen molar-refractivity contribution in [3.05, 3.63) is 490 Å². The molecular formula is C132H83N9O2. The van der Waals surface area contributed by atoms with E-state index in [4.69, 9.17) is 55.3 Å². The average Bonchev–Trinajstić information content (AvgIpc) is 1.56. The lowest BCUT2D eigenvalue weighted by Crippen LogP contribution is -2.14. The summed E-state index contributed by atoms with van der Waals surface area (Å²) in [5, 5.41) is 21.2. The van der Waals surface area contributed by atoms with Gasteiger partial charge in [-0.25, -0.2) is 44.7 Å². The number of nitrogens with zero attached hydrogens (tertiary/aromatic N) is 9. The van der Waals surface area contributed by atoms with Crippen LogP contribution in [-0.2, 0) is 5.41 Å². The highest BCUT2D eigenvalue weighted by atomic mass is 16.3. The Morgan fingerprint density at radius 3 is 0.993 bits per heavy atom. The molecule has 668 valence electrons. The fraction of sp³-hybridized carbons (Fsp3) is 0.0227. The Bertz CT molecular complexity index is 9810. The van der Waals surface area contributed by atoms with E-state index in [1.54, 1.807) is 0 Å². The predicted octanol–water partition coefficient (Wildman–Crippen LogP) is 35.0. The van der Waals surface area contributed by atoms with Gasteiger partial charge in [-0.1, -0.05) is 402 Å². The van der Waals surface area contributed by atoms with Gasteiger partial charge in [-0.2, -0.15) is 0 Å². The Morgan fingerprint density at radius 1 is 0.196 bits per heavy atom. The first-order valence-electron chi connectivity index (χ1n) is 48.1. The summed E-state index contributed by atoms with van der Waals surface area (Å²) in [5.41, 5.74) is 26.2. The van der Waals surface area contributed by atoms with E-state index in [0.29, 0.717) is 46.5 Å². The molecule has 0 unspecified atom stereocenters. The van der Waals surface area contributed by atoms with Crippen LogP contribution >= 0.6 is 0 Å². The largest absolute Gasteiger partial charge is 0.456 e. The van der Waals surface area contributed by atoms with E-state index in [1.165, 1.54) is 115 Å². The van der Waals surface area contributed by atoms with Crippen LogP contribution < -0.4 is 0 Å². The first-order chi connectivity index (χ1) is 70.5. The average molecular weight is 1830 g/mol. The third-order valence-corrected chi connectivity index (χ3v) is 28.1. The first-order valence-corrected chi connectivity index (χ1v) is 48.1. The fourth-order valence-corrected chi connectivity index (χ4v) is 20.9. The van der Waals surface area contributed by atoms with Crippen molar-refractivity contribution in [1.82, 2.24) is 39.9 Å². The third-order valence-electron chi connectivity index (χ3n) is 28.1. The minimum Gasteiger partial charge on any atom is -0.456 e. The van der Waals surface area contributed by atoms with Crippen molar-refractivity contribution in [2.24, 2.45) is 0 Å². The molecule has 11 heteroatoms. The highest BCUT2D eigenvalue weighted by Gasteiger charge is 2.38. The van der Waals surface area contributed by atoms with Crippen molar-refractivity contribution in [2.75, 3.05) is 0 Å². The standard InChI is InChI=1S/C47H29N3O.C45H27N3O.C40H27N3/c1-3-9-30(10-4-1)31-15-17-32(18-16-31)33-19-23-37(24-20-33)46-48-45(36-12-5-2-6-13-36)49-47(50-46)38-26-27-41-40(29-38)44-42(51-41)28-25-35-22-21-34-11-7-8-14-39(34)43(35)44;1-3-9-28(10-4-1)32-17-18-34-26-35(20-19-33(34)25-32)44-46-43(31-12-5-2-6-13-31)47-45(48-44)36-22-23-39-38(27-36)42-40(49-39)24-21-30-16-15-29-11-7-8-14-37(29)41(30)42;1-40(2)33-20-19-29(23-32(33)38-34(40)21-18-27-17-16-25-10-7-8-15-31(25)37(27)38)39-42-35(26-11-5-4-6-12-26)24-36(43-39)28-13-9-14-30(22-28)41-3/h1-29H;1-27H;4-24H,1-2H3. The van der Waals surface area contributed by atoms with Crippen molar-refractivity contribution < 1.29 is 8.83 Å². The van der Waals surface area contributed by atoms with Crippen LogP contribution in [0.4, 0.5) is 5.69 Å². The van der Waals surface area contributed by atoms with Crippen LogP contribution in [0.2, 0.25) is 0 Å². The van der Waals surface area contributed by atoms with Crippen LogP contribution in [0.25, 0.3) is 271 Å². The molecule has 5 heterocycles. The number of rotatable bonds is 12. The molecule has 0 saturated heterocycles. The zero-order valence-corrected chi connectivity index (χ0v) is 77.8. The maximum atomic E-state index is 7.52. The number of aromatic nitrogens is 8. The number of furan rings is 2. The van der Waals surface area contributed by atoms with Crippen LogP contribution in [-0.4, -0.2) is 39.9 Å². The molecule has 28 rings (SSSR count). The van der Waals surface area contributed by atoms with Crippen LogP contribution in [0.1, 0.15) is 25.0 Å². The van der Waals surface area contributed by atoms with Gasteiger partial charge in [0.15, 0.2) is 46.5 Å². The molecule has 11 nitrogen and oxygen atoms in total. The molecule has 0 saturated carbocycles. The normalized spacial score (nSPS) is 12.0. The van der Waals surface area contributed by atoms with E-state index in [2.05, 4.69) is 340 Å². The highest BCUT2D eigenvalue weighted by molar-refractivity contribution is 6.29. The minimum absolute atomic E-state index is 0.133. The second-order valence-electron chi connectivity index (χ2n) is 37.0. The van der Waals surface area contributed by atoms with Gasteiger partial charge in [0, 0.05) is 82.2 Å². The maximum absolute atomic E-state index is 7.52. The molecule has 0 bridgehead atoms. The summed E-state index contributed by atoms with van der Waals surface area (Å²) in [5.74, 6) is 4.41. The van der Waals surface area contributed by atoms with Gasteiger partial charge in [0.2, 0.25) is 0 Å². The van der Waals surface area contributed by atoms with Gasteiger partial charge in [0.1, 0.15) is 22.3 Å². The van der Waals surface area contributed by atoms with Crippen LogP contribution in [0.3, 0.4) is 0 Å². The quantitative estimate of drug-likeness (QED) is 0.0860. The maximum Gasteiger partial charge on any atom is 0.187 e. The Kier molecular flexibility index (Phi) is 20.7. The van der Waals surface area contributed by atoms with Crippen molar-refractivity contribution in [3.63, 3.8) is 0 Å². The second kappa shape index (κ2) is 35.1. The van der Waals surface area contributed by atoms with Crippen molar-refractivity contribution in [2.45, 2.75) is 19.3 Å². The Balaban J connectivity index is 0.000000110. The first kappa shape index (κ1) is 84.4. The molecule has 5 aromatic heterocycles. The van der Waals surface area contributed by atoms with E-state index in [9.17, 15) is 0 Å². The van der Waals surface area contributed by atoms with E-state index in [-0.39, 0.29) is 5.41 Å². The van der Waals surface area contributed by atoms with Gasteiger partial charge >= 0.3 is 0 Å². The van der Waals surface area contributed by atoms with E-state index < -0.39 is 0 Å².